The van der Waals surface area contributed by atoms with Crippen LogP contribution in [0.4, 0.5) is 0 Å². The van der Waals surface area contributed by atoms with Crippen LogP contribution in [-0.2, 0) is 17.9 Å². The summed E-state index contributed by atoms with van der Waals surface area (Å²) in [5.41, 5.74) is 2.21. The molecule has 2 heterocycles. The van der Waals surface area contributed by atoms with E-state index in [4.69, 9.17) is 0 Å². The Morgan fingerprint density at radius 2 is 1.96 bits per heavy atom. The lowest BCUT2D eigenvalue weighted by Gasteiger charge is -2.38. The van der Waals surface area contributed by atoms with Crippen molar-refractivity contribution in [2.75, 3.05) is 19.7 Å². The minimum absolute atomic E-state index is 0.0444. The molecule has 1 amide bonds. The molecule has 0 aliphatic carbocycles. The number of hydrogen-bond acceptors (Lipinski definition) is 4. The molecule has 1 atom stereocenters. The normalized spacial score (nSPS) is 17.9. The zero-order chi connectivity index (χ0) is 17.5. The van der Waals surface area contributed by atoms with E-state index < -0.39 is 0 Å². The van der Waals surface area contributed by atoms with Gasteiger partial charge in [0.15, 0.2) is 0 Å². The molecule has 1 aliphatic heterocycles. The maximum atomic E-state index is 13.0. The first kappa shape index (κ1) is 17.6. The third-order valence-corrected chi connectivity index (χ3v) is 4.66. The van der Waals surface area contributed by atoms with Crippen molar-refractivity contribution in [3.8, 4) is 0 Å². The van der Waals surface area contributed by atoms with E-state index >= 15 is 0 Å². The second-order valence-corrected chi connectivity index (χ2v) is 6.46. The summed E-state index contributed by atoms with van der Waals surface area (Å²) < 4.78 is 0. The number of rotatable bonds is 7. The first-order valence-corrected chi connectivity index (χ1v) is 8.84. The quantitative estimate of drug-likeness (QED) is 0.839. The maximum Gasteiger partial charge on any atom is 0.240 e. The van der Waals surface area contributed by atoms with Crippen LogP contribution in [0.1, 0.15) is 24.0 Å². The highest BCUT2D eigenvalue weighted by molar-refractivity contribution is 5.82. The molecule has 0 radical (unpaired) electrons. The lowest BCUT2D eigenvalue weighted by Crippen LogP contribution is -2.52. The number of carbonyl (C=O) groups excluding carboxylic acids is 1. The second kappa shape index (κ2) is 8.74. The summed E-state index contributed by atoms with van der Waals surface area (Å²) in [6.45, 7) is 2.61. The number of carbonyl (C=O) groups is 1. The van der Waals surface area contributed by atoms with Crippen LogP contribution < -0.4 is 0 Å². The lowest BCUT2D eigenvalue weighted by atomic mass is 10.0. The maximum absolute atomic E-state index is 13.0. The lowest BCUT2D eigenvalue weighted by molar-refractivity contribution is -0.141. The molecule has 5 nitrogen and oxygen atoms in total. The molecule has 1 aliphatic rings. The average Bonchev–Trinajstić information content (AvgIpc) is 2.65. The van der Waals surface area contributed by atoms with E-state index in [-0.39, 0.29) is 18.6 Å². The summed E-state index contributed by atoms with van der Waals surface area (Å²) in [4.78, 5) is 21.2. The van der Waals surface area contributed by atoms with Gasteiger partial charge in [-0.15, -0.1) is 0 Å². The summed E-state index contributed by atoms with van der Waals surface area (Å²) >= 11 is 0. The molecule has 25 heavy (non-hydrogen) atoms. The Morgan fingerprint density at radius 3 is 2.68 bits per heavy atom. The zero-order valence-electron chi connectivity index (χ0n) is 14.4. The fraction of sp³-hybridized carbons (Fsp3) is 0.400. The van der Waals surface area contributed by atoms with E-state index in [0.717, 1.165) is 30.5 Å². The molecule has 0 saturated carbocycles. The minimum atomic E-state index is -0.176. The van der Waals surface area contributed by atoms with E-state index in [1.807, 2.05) is 41.4 Å². The van der Waals surface area contributed by atoms with Crippen molar-refractivity contribution in [2.45, 2.75) is 32.0 Å². The monoisotopic (exact) mass is 339 g/mol. The second-order valence-electron chi connectivity index (χ2n) is 6.46. The number of likely N-dealkylation sites (tertiary alicyclic amines) is 1. The molecule has 3 rings (SSSR count). The van der Waals surface area contributed by atoms with Gasteiger partial charge in [-0.3, -0.25) is 14.7 Å². The Morgan fingerprint density at radius 1 is 1.16 bits per heavy atom. The molecule has 0 spiro atoms. The molecule has 1 N–H and O–H groups in total. The smallest absolute Gasteiger partial charge is 0.240 e. The average molecular weight is 339 g/mol. The number of aliphatic hydroxyl groups is 1. The van der Waals surface area contributed by atoms with E-state index in [9.17, 15) is 9.90 Å². The summed E-state index contributed by atoms with van der Waals surface area (Å²) in [6.07, 6.45) is 5.38. The first-order valence-electron chi connectivity index (χ1n) is 8.84. The molecule has 132 valence electrons. The van der Waals surface area contributed by atoms with Crippen LogP contribution in [0.5, 0.6) is 0 Å². The molecule has 1 fully saturated rings. The Bertz CT molecular complexity index is 663. The molecule has 1 unspecified atom stereocenters. The van der Waals surface area contributed by atoms with Crippen LogP contribution in [-0.4, -0.2) is 51.5 Å². The van der Waals surface area contributed by atoms with Gasteiger partial charge in [-0.05, 0) is 30.0 Å². The highest BCUT2D eigenvalue weighted by Gasteiger charge is 2.33. The summed E-state index contributed by atoms with van der Waals surface area (Å²) in [5.74, 6) is 0.160. The van der Waals surface area contributed by atoms with Crippen molar-refractivity contribution >= 4 is 5.91 Å². The standard InChI is InChI=1S/C20H25N3O2/c24-13-12-22(16-18-8-4-10-21-14-18)19-9-5-11-23(20(19)25)15-17-6-2-1-3-7-17/h1-4,6-8,10,14,19,24H,5,9,11-13,15-16H2. The van der Waals surface area contributed by atoms with Gasteiger partial charge in [0.25, 0.3) is 0 Å². The van der Waals surface area contributed by atoms with Gasteiger partial charge in [0.2, 0.25) is 5.91 Å². The van der Waals surface area contributed by atoms with Gasteiger partial charge in [0.05, 0.1) is 12.6 Å². The number of pyridine rings is 1. The van der Waals surface area contributed by atoms with Gasteiger partial charge in [0.1, 0.15) is 0 Å². The van der Waals surface area contributed by atoms with Crippen molar-refractivity contribution < 1.29 is 9.90 Å². The Balaban J connectivity index is 1.70. The Labute approximate surface area is 148 Å². The minimum Gasteiger partial charge on any atom is -0.395 e. The van der Waals surface area contributed by atoms with Crippen LogP contribution in [0.25, 0.3) is 0 Å². The highest BCUT2D eigenvalue weighted by Crippen LogP contribution is 2.21. The number of amides is 1. The zero-order valence-corrected chi connectivity index (χ0v) is 14.4. The molecular weight excluding hydrogens is 314 g/mol. The Hall–Kier alpha value is -2.24. The van der Waals surface area contributed by atoms with E-state index in [0.29, 0.717) is 19.6 Å². The topological polar surface area (TPSA) is 56.7 Å². The van der Waals surface area contributed by atoms with Gasteiger partial charge >= 0.3 is 0 Å². The molecule has 5 heteroatoms. The predicted octanol–water partition coefficient (Wildman–Crippen LogP) is 2.07. The molecule has 1 aromatic carbocycles. The van der Waals surface area contributed by atoms with Crippen LogP contribution >= 0.6 is 0 Å². The van der Waals surface area contributed by atoms with Gasteiger partial charge in [0, 0.05) is 38.6 Å². The largest absolute Gasteiger partial charge is 0.395 e. The summed E-state index contributed by atoms with van der Waals surface area (Å²) in [5, 5.41) is 9.45. The van der Waals surface area contributed by atoms with E-state index in [2.05, 4.69) is 22.0 Å². The number of hydrogen-bond donors (Lipinski definition) is 1. The van der Waals surface area contributed by atoms with Gasteiger partial charge < -0.3 is 10.0 Å². The van der Waals surface area contributed by atoms with Gasteiger partial charge in [-0.1, -0.05) is 36.4 Å². The number of nitrogens with zero attached hydrogens (tertiary/aromatic N) is 3. The van der Waals surface area contributed by atoms with Crippen molar-refractivity contribution in [3.63, 3.8) is 0 Å². The molecular formula is C20H25N3O2. The van der Waals surface area contributed by atoms with Crippen molar-refractivity contribution in [3.05, 3.63) is 66.0 Å². The number of piperidine rings is 1. The van der Waals surface area contributed by atoms with Gasteiger partial charge in [-0.2, -0.15) is 0 Å². The SMILES string of the molecule is O=C1C(N(CCO)Cc2cccnc2)CCCN1Cc1ccccc1. The Kier molecular flexibility index (Phi) is 6.14. The number of aromatic nitrogens is 1. The summed E-state index contributed by atoms with van der Waals surface area (Å²) in [7, 11) is 0. The molecule has 2 aromatic rings. The van der Waals surface area contributed by atoms with Crippen molar-refractivity contribution in [2.24, 2.45) is 0 Å². The number of aliphatic hydroxyl groups excluding tert-OH is 1. The number of benzene rings is 1. The predicted molar refractivity (Wildman–Crippen MR) is 96.6 cm³/mol. The first-order chi connectivity index (χ1) is 12.3. The van der Waals surface area contributed by atoms with Crippen molar-refractivity contribution in [1.29, 1.82) is 0 Å². The third-order valence-electron chi connectivity index (χ3n) is 4.66. The third kappa shape index (κ3) is 4.65. The highest BCUT2D eigenvalue weighted by atomic mass is 16.3. The van der Waals surface area contributed by atoms with Crippen molar-refractivity contribution in [1.82, 2.24) is 14.8 Å². The summed E-state index contributed by atoms with van der Waals surface area (Å²) in [6, 6.07) is 13.8. The fourth-order valence-electron chi connectivity index (χ4n) is 3.42. The van der Waals surface area contributed by atoms with Crippen LogP contribution in [0, 0.1) is 0 Å². The van der Waals surface area contributed by atoms with E-state index in [1.54, 1.807) is 6.20 Å². The molecule has 1 saturated heterocycles. The fourth-order valence-corrected chi connectivity index (χ4v) is 3.42. The van der Waals surface area contributed by atoms with Crippen LogP contribution in [0.2, 0.25) is 0 Å². The van der Waals surface area contributed by atoms with E-state index in [1.165, 1.54) is 0 Å². The van der Waals surface area contributed by atoms with Crippen LogP contribution in [0.3, 0.4) is 0 Å². The van der Waals surface area contributed by atoms with Gasteiger partial charge in [-0.25, -0.2) is 0 Å². The van der Waals surface area contributed by atoms with Crippen LogP contribution in [0.15, 0.2) is 54.9 Å². The molecule has 1 aromatic heterocycles. The molecule has 0 bridgehead atoms.